The summed E-state index contributed by atoms with van der Waals surface area (Å²) in [5.74, 6) is -1.48. The molecule has 0 aliphatic rings. The largest absolute Gasteiger partial charge is 0.462 e. The van der Waals surface area contributed by atoms with E-state index in [0.29, 0.717) is 5.69 Å². The zero-order chi connectivity index (χ0) is 17.8. The summed E-state index contributed by atoms with van der Waals surface area (Å²) >= 11 is 0. The fourth-order valence-electron chi connectivity index (χ4n) is 1.60. The Morgan fingerprint density at radius 1 is 1.12 bits per heavy atom. The second-order valence-electron chi connectivity index (χ2n) is 4.35. The molecule has 1 rings (SSSR count). The zero-order valence-electron chi connectivity index (χ0n) is 13.7. The van der Waals surface area contributed by atoms with Crippen molar-refractivity contribution < 1.29 is 19.1 Å². The van der Waals surface area contributed by atoms with Gasteiger partial charge in [-0.05, 0) is 50.4 Å². The number of esters is 2. The Hall–Kier alpha value is -3.09. The number of rotatable bonds is 8. The van der Waals surface area contributed by atoms with Crippen LogP contribution in [0.15, 0.2) is 53.3 Å². The van der Waals surface area contributed by atoms with Crippen LogP contribution in [0, 0.1) is 0 Å². The molecule has 24 heavy (non-hydrogen) atoms. The molecular weight excluding hydrogens is 310 g/mol. The standard InChI is InChI=1S/C17H21N3O4/c1-3-23-16(21)15(17(22)24-4-2)12-20-14-8-6-13(7-9-14)19-11-5-10-18/h5-12,20H,3-4,18H2,1-2H3. The summed E-state index contributed by atoms with van der Waals surface area (Å²) in [6.07, 6.45) is 5.84. The third-order valence-electron chi connectivity index (χ3n) is 2.66. The van der Waals surface area contributed by atoms with E-state index in [1.165, 1.54) is 12.4 Å². The van der Waals surface area contributed by atoms with Gasteiger partial charge in [0.2, 0.25) is 0 Å². The third kappa shape index (κ3) is 6.35. The number of anilines is 1. The van der Waals surface area contributed by atoms with Crippen LogP contribution in [0.4, 0.5) is 11.4 Å². The quantitative estimate of drug-likeness (QED) is 0.249. The molecule has 0 saturated heterocycles. The van der Waals surface area contributed by atoms with Crippen LogP contribution in [0.2, 0.25) is 0 Å². The average Bonchev–Trinajstić information content (AvgIpc) is 2.57. The second kappa shape index (κ2) is 10.6. The molecule has 7 heteroatoms. The van der Waals surface area contributed by atoms with Crippen molar-refractivity contribution in [1.82, 2.24) is 0 Å². The molecule has 0 heterocycles. The van der Waals surface area contributed by atoms with Crippen LogP contribution in [0.5, 0.6) is 0 Å². The Labute approximate surface area is 140 Å². The normalized spacial score (nSPS) is 10.6. The van der Waals surface area contributed by atoms with Crippen molar-refractivity contribution in [2.45, 2.75) is 13.8 Å². The highest BCUT2D eigenvalue weighted by atomic mass is 16.6. The highest BCUT2D eigenvalue weighted by Gasteiger charge is 2.20. The number of hydrogen-bond acceptors (Lipinski definition) is 7. The van der Waals surface area contributed by atoms with Crippen LogP contribution >= 0.6 is 0 Å². The zero-order valence-corrected chi connectivity index (χ0v) is 13.7. The summed E-state index contributed by atoms with van der Waals surface area (Å²) in [5.41, 5.74) is 6.42. The SMILES string of the molecule is CCOC(=O)C(=CNc1ccc(N=CC=CN)cc1)C(=O)OCC. The van der Waals surface area contributed by atoms with Crippen LogP contribution in [0.3, 0.4) is 0 Å². The van der Waals surface area contributed by atoms with Gasteiger partial charge in [0.05, 0.1) is 18.9 Å². The number of nitrogens with one attached hydrogen (secondary N) is 1. The number of aliphatic imine (C=N–C) groups is 1. The van der Waals surface area contributed by atoms with Crippen molar-refractivity contribution in [1.29, 1.82) is 0 Å². The summed E-state index contributed by atoms with van der Waals surface area (Å²) in [5, 5.41) is 2.87. The molecule has 0 unspecified atom stereocenters. The summed E-state index contributed by atoms with van der Waals surface area (Å²) in [6.45, 7) is 3.65. The van der Waals surface area contributed by atoms with Crippen molar-refractivity contribution in [3.05, 3.63) is 48.3 Å². The number of carbonyl (C=O) groups excluding carboxylic acids is 2. The molecule has 0 aromatic heterocycles. The van der Waals surface area contributed by atoms with Gasteiger partial charge in [0.25, 0.3) is 0 Å². The predicted molar refractivity (Wildman–Crippen MR) is 92.9 cm³/mol. The molecule has 7 nitrogen and oxygen atoms in total. The molecule has 1 aromatic carbocycles. The Bertz CT molecular complexity index is 614. The molecule has 3 N–H and O–H groups in total. The number of allylic oxidation sites excluding steroid dienone is 1. The Balaban J connectivity index is 2.84. The molecule has 0 aliphatic heterocycles. The van der Waals surface area contributed by atoms with Gasteiger partial charge in [-0.2, -0.15) is 0 Å². The van der Waals surface area contributed by atoms with Crippen LogP contribution < -0.4 is 11.1 Å². The lowest BCUT2D eigenvalue weighted by atomic mass is 10.2. The van der Waals surface area contributed by atoms with Gasteiger partial charge in [-0.25, -0.2) is 9.59 Å². The predicted octanol–water partition coefficient (Wildman–Crippen LogP) is 2.28. The van der Waals surface area contributed by atoms with Gasteiger partial charge >= 0.3 is 11.9 Å². The van der Waals surface area contributed by atoms with Gasteiger partial charge in [-0.1, -0.05) is 0 Å². The first kappa shape index (κ1) is 19.0. The van der Waals surface area contributed by atoms with Crippen molar-refractivity contribution in [2.75, 3.05) is 18.5 Å². The molecule has 0 bridgehead atoms. The van der Waals surface area contributed by atoms with Gasteiger partial charge in [-0.15, -0.1) is 0 Å². The van der Waals surface area contributed by atoms with Crippen LogP contribution in [-0.4, -0.2) is 31.4 Å². The van der Waals surface area contributed by atoms with E-state index in [9.17, 15) is 9.59 Å². The number of carbonyl (C=O) groups is 2. The van der Waals surface area contributed by atoms with E-state index in [-0.39, 0.29) is 18.8 Å². The minimum atomic E-state index is -0.738. The second-order valence-corrected chi connectivity index (χ2v) is 4.35. The number of ether oxygens (including phenoxy) is 2. The lowest BCUT2D eigenvalue weighted by Gasteiger charge is -2.07. The Kier molecular flexibility index (Phi) is 8.38. The lowest BCUT2D eigenvalue weighted by Crippen LogP contribution is -2.19. The van der Waals surface area contributed by atoms with Crippen LogP contribution in [0.25, 0.3) is 0 Å². The molecule has 0 saturated carbocycles. The smallest absolute Gasteiger partial charge is 0.347 e. The first-order valence-corrected chi connectivity index (χ1v) is 7.44. The number of hydrogen-bond donors (Lipinski definition) is 2. The molecule has 0 radical (unpaired) electrons. The first-order valence-electron chi connectivity index (χ1n) is 7.44. The fraction of sp³-hybridized carbons (Fsp3) is 0.235. The van der Waals surface area contributed by atoms with Gasteiger partial charge in [0.1, 0.15) is 0 Å². The van der Waals surface area contributed by atoms with Gasteiger partial charge in [-0.3, -0.25) is 4.99 Å². The van der Waals surface area contributed by atoms with E-state index in [0.717, 1.165) is 5.69 Å². The van der Waals surface area contributed by atoms with Gasteiger partial charge in [0.15, 0.2) is 5.57 Å². The molecule has 0 fully saturated rings. The van der Waals surface area contributed by atoms with Crippen LogP contribution in [-0.2, 0) is 19.1 Å². The molecule has 128 valence electrons. The van der Waals surface area contributed by atoms with Crippen LogP contribution in [0.1, 0.15) is 13.8 Å². The summed E-state index contributed by atoms with van der Waals surface area (Å²) in [7, 11) is 0. The third-order valence-corrected chi connectivity index (χ3v) is 2.66. The minimum Gasteiger partial charge on any atom is -0.462 e. The molecular formula is C17H21N3O4. The number of nitrogens with two attached hydrogens (primary N) is 1. The highest BCUT2D eigenvalue weighted by Crippen LogP contribution is 2.16. The van der Waals surface area contributed by atoms with Crippen molar-refractivity contribution in [3.63, 3.8) is 0 Å². The summed E-state index contributed by atoms with van der Waals surface area (Å²) in [6, 6.07) is 7.05. The van der Waals surface area contributed by atoms with E-state index in [4.69, 9.17) is 15.2 Å². The molecule has 0 spiro atoms. The van der Waals surface area contributed by atoms with E-state index in [1.54, 1.807) is 50.4 Å². The van der Waals surface area contributed by atoms with Gasteiger partial charge < -0.3 is 20.5 Å². The summed E-state index contributed by atoms with van der Waals surface area (Å²) < 4.78 is 9.70. The van der Waals surface area contributed by atoms with Crippen molar-refractivity contribution in [3.8, 4) is 0 Å². The lowest BCUT2D eigenvalue weighted by molar-refractivity contribution is -0.146. The first-order chi connectivity index (χ1) is 11.6. The minimum absolute atomic E-state index is 0.166. The van der Waals surface area contributed by atoms with E-state index in [1.807, 2.05) is 0 Å². The fourth-order valence-corrected chi connectivity index (χ4v) is 1.60. The van der Waals surface area contributed by atoms with E-state index < -0.39 is 11.9 Å². The van der Waals surface area contributed by atoms with Crippen molar-refractivity contribution in [2.24, 2.45) is 10.7 Å². The maximum absolute atomic E-state index is 11.8. The maximum Gasteiger partial charge on any atom is 0.347 e. The molecule has 0 amide bonds. The van der Waals surface area contributed by atoms with E-state index >= 15 is 0 Å². The molecule has 0 aliphatic carbocycles. The maximum atomic E-state index is 11.8. The van der Waals surface area contributed by atoms with Crippen molar-refractivity contribution >= 4 is 29.5 Å². The topological polar surface area (TPSA) is 103 Å². The Morgan fingerprint density at radius 2 is 1.71 bits per heavy atom. The Morgan fingerprint density at radius 3 is 2.21 bits per heavy atom. The van der Waals surface area contributed by atoms with E-state index in [2.05, 4.69) is 10.3 Å². The summed E-state index contributed by atoms with van der Waals surface area (Å²) in [4.78, 5) is 27.8. The number of nitrogens with zero attached hydrogens (tertiary/aromatic N) is 1. The monoisotopic (exact) mass is 331 g/mol. The highest BCUT2D eigenvalue weighted by molar-refractivity contribution is 6.14. The van der Waals surface area contributed by atoms with Gasteiger partial charge in [0, 0.05) is 18.1 Å². The number of benzene rings is 1. The molecule has 0 atom stereocenters. The molecule has 1 aromatic rings. The average molecular weight is 331 g/mol.